The Labute approximate surface area is 159 Å². The zero-order valence-corrected chi connectivity index (χ0v) is 14.8. The average Bonchev–Trinajstić information content (AvgIpc) is 2.95. The van der Waals surface area contributed by atoms with Crippen molar-refractivity contribution in [3.63, 3.8) is 0 Å². The van der Waals surface area contributed by atoms with Gasteiger partial charge < -0.3 is 0 Å². The van der Waals surface area contributed by atoms with Crippen molar-refractivity contribution in [1.29, 1.82) is 0 Å². The fourth-order valence-electron chi connectivity index (χ4n) is 3.30. The number of hydrogen-bond acceptors (Lipinski definition) is 6. The summed E-state index contributed by atoms with van der Waals surface area (Å²) >= 11 is 0. The highest BCUT2D eigenvalue weighted by Gasteiger charge is 2.46. The van der Waals surface area contributed by atoms with Gasteiger partial charge in [-0.15, -0.1) is 0 Å². The number of nitro benzene ring substituents is 1. The highest BCUT2D eigenvalue weighted by atomic mass is 16.6. The summed E-state index contributed by atoms with van der Waals surface area (Å²) in [5, 5.41) is 10.6. The molecule has 1 saturated heterocycles. The van der Waals surface area contributed by atoms with Crippen LogP contribution >= 0.6 is 0 Å². The van der Waals surface area contributed by atoms with Crippen LogP contribution in [0.4, 0.5) is 5.69 Å². The minimum Gasteiger partial charge on any atom is -0.282 e. The van der Waals surface area contributed by atoms with E-state index < -0.39 is 16.7 Å². The number of nitrogens with one attached hydrogen (secondary N) is 2. The van der Waals surface area contributed by atoms with Gasteiger partial charge in [-0.25, -0.2) is 0 Å². The first-order valence-electron chi connectivity index (χ1n) is 8.72. The molecular formula is C18H18N4O6. The number of non-ortho nitro benzene ring substituents is 1. The Morgan fingerprint density at radius 2 is 1.61 bits per heavy atom. The summed E-state index contributed by atoms with van der Waals surface area (Å²) in [4.78, 5) is 59.6. The summed E-state index contributed by atoms with van der Waals surface area (Å²) in [5.74, 6) is -2.42. The van der Waals surface area contributed by atoms with Crippen LogP contribution in [0.25, 0.3) is 0 Å². The molecule has 146 valence electrons. The summed E-state index contributed by atoms with van der Waals surface area (Å²) in [7, 11) is 0. The van der Waals surface area contributed by atoms with Crippen molar-refractivity contribution in [1.82, 2.24) is 15.8 Å². The van der Waals surface area contributed by atoms with Crippen LogP contribution in [-0.2, 0) is 14.4 Å². The van der Waals surface area contributed by atoms with E-state index in [1.807, 2.05) is 12.2 Å². The van der Waals surface area contributed by atoms with Crippen molar-refractivity contribution >= 4 is 29.3 Å². The third kappa shape index (κ3) is 3.90. The van der Waals surface area contributed by atoms with Crippen molar-refractivity contribution in [2.24, 2.45) is 11.8 Å². The van der Waals surface area contributed by atoms with Crippen LogP contribution in [0.5, 0.6) is 0 Å². The number of allylic oxidation sites excluding steroid dienone is 2. The van der Waals surface area contributed by atoms with E-state index in [4.69, 9.17) is 0 Å². The molecule has 1 aliphatic heterocycles. The van der Waals surface area contributed by atoms with Gasteiger partial charge in [-0.1, -0.05) is 12.2 Å². The Morgan fingerprint density at radius 1 is 1.04 bits per heavy atom. The lowest BCUT2D eigenvalue weighted by Crippen LogP contribution is -2.43. The molecule has 28 heavy (non-hydrogen) atoms. The summed E-state index contributed by atoms with van der Waals surface area (Å²) in [6.07, 6.45) is 4.68. The Hall–Kier alpha value is -3.56. The number of amides is 4. The summed E-state index contributed by atoms with van der Waals surface area (Å²) in [6.45, 7) is -0.0517. The minimum absolute atomic E-state index is 0.0517. The molecule has 2 aliphatic rings. The number of likely N-dealkylation sites (tertiary alicyclic amines) is 1. The zero-order chi connectivity index (χ0) is 20.3. The number of fused-ring (bicyclic) bond motifs is 1. The Bertz CT molecular complexity index is 837. The van der Waals surface area contributed by atoms with Crippen LogP contribution in [0.1, 0.15) is 29.6 Å². The number of nitro groups is 1. The van der Waals surface area contributed by atoms with Gasteiger partial charge in [0.1, 0.15) is 0 Å². The van der Waals surface area contributed by atoms with Crippen LogP contribution in [0.3, 0.4) is 0 Å². The molecule has 1 aromatic carbocycles. The van der Waals surface area contributed by atoms with Gasteiger partial charge in [0.2, 0.25) is 17.7 Å². The number of nitrogens with zero attached hydrogens (tertiary/aromatic N) is 2. The van der Waals surface area contributed by atoms with Gasteiger partial charge in [0, 0.05) is 30.7 Å². The Morgan fingerprint density at radius 3 is 2.14 bits per heavy atom. The van der Waals surface area contributed by atoms with E-state index in [0.29, 0.717) is 12.8 Å². The van der Waals surface area contributed by atoms with E-state index in [0.717, 1.165) is 4.90 Å². The molecule has 0 unspecified atom stereocenters. The van der Waals surface area contributed by atoms with Gasteiger partial charge in [-0.05, 0) is 25.0 Å². The van der Waals surface area contributed by atoms with Crippen molar-refractivity contribution in [2.75, 3.05) is 6.54 Å². The first-order chi connectivity index (χ1) is 13.4. The molecule has 0 saturated carbocycles. The molecule has 10 nitrogen and oxygen atoms in total. The van der Waals surface area contributed by atoms with Gasteiger partial charge in [-0.3, -0.25) is 45.0 Å². The molecule has 0 radical (unpaired) electrons. The maximum atomic E-state index is 12.3. The monoisotopic (exact) mass is 386 g/mol. The van der Waals surface area contributed by atoms with Crippen molar-refractivity contribution < 1.29 is 24.1 Å². The normalized spacial score (nSPS) is 20.6. The molecule has 1 fully saturated rings. The number of rotatable bonds is 5. The maximum absolute atomic E-state index is 12.3. The smallest absolute Gasteiger partial charge is 0.269 e. The molecule has 1 aliphatic carbocycles. The maximum Gasteiger partial charge on any atom is 0.269 e. The standard InChI is InChI=1S/C18H18N4O6/c23-15(19-20-16(24)11-5-7-12(8-6-11)22(27)28)9-10-21-17(25)13-3-1-2-4-14(13)18(21)26/h1-2,5-8,13-14H,3-4,9-10H2,(H,19,23)(H,20,24)/t13-,14+. The third-order valence-electron chi connectivity index (χ3n) is 4.82. The van der Waals surface area contributed by atoms with Gasteiger partial charge in [-0.2, -0.15) is 0 Å². The Kier molecular flexibility index (Phi) is 5.48. The largest absolute Gasteiger partial charge is 0.282 e. The highest BCUT2D eigenvalue weighted by molar-refractivity contribution is 6.05. The van der Waals surface area contributed by atoms with Crippen molar-refractivity contribution in [3.05, 3.63) is 52.1 Å². The molecule has 0 aromatic heterocycles. The van der Waals surface area contributed by atoms with E-state index in [9.17, 15) is 29.3 Å². The predicted octanol–water partition coefficient (Wildman–Crippen LogP) is 0.697. The number of hydrazine groups is 1. The molecule has 4 amide bonds. The lowest BCUT2D eigenvalue weighted by Gasteiger charge is -2.14. The second-order valence-corrected chi connectivity index (χ2v) is 6.54. The van der Waals surface area contributed by atoms with E-state index in [2.05, 4.69) is 10.9 Å². The van der Waals surface area contributed by atoms with E-state index >= 15 is 0 Å². The average molecular weight is 386 g/mol. The van der Waals surface area contributed by atoms with E-state index in [1.54, 1.807) is 0 Å². The number of imide groups is 1. The number of benzene rings is 1. The topological polar surface area (TPSA) is 139 Å². The van der Waals surface area contributed by atoms with E-state index in [1.165, 1.54) is 24.3 Å². The second kappa shape index (κ2) is 7.99. The molecule has 10 heteroatoms. The molecule has 0 spiro atoms. The lowest BCUT2D eigenvalue weighted by molar-refractivity contribution is -0.384. The summed E-state index contributed by atoms with van der Waals surface area (Å²) in [5.41, 5.74) is 4.36. The molecule has 3 rings (SSSR count). The molecule has 1 aromatic rings. The van der Waals surface area contributed by atoms with Crippen LogP contribution in [0.2, 0.25) is 0 Å². The summed E-state index contributed by atoms with van der Waals surface area (Å²) < 4.78 is 0. The number of hydrogen-bond donors (Lipinski definition) is 2. The highest BCUT2D eigenvalue weighted by Crippen LogP contribution is 2.34. The number of carbonyl (C=O) groups is 4. The minimum atomic E-state index is -0.645. The van der Waals surface area contributed by atoms with Crippen LogP contribution < -0.4 is 10.9 Å². The number of carbonyl (C=O) groups excluding carboxylic acids is 4. The molecular weight excluding hydrogens is 368 g/mol. The predicted molar refractivity (Wildman–Crippen MR) is 95.4 cm³/mol. The first kappa shape index (κ1) is 19.2. The molecule has 0 bridgehead atoms. The zero-order valence-electron chi connectivity index (χ0n) is 14.8. The van der Waals surface area contributed by atoms with Crippen LogP contribution in [-0.4, -0.2) is 40.0 Å². The molecule has 2 atom stereocenters. The van der Waals surface area contributed by atoms with Gasteiger partial charge in [0.25, 0.3) is 11.6 Å². The van der Waals surface area contributed by atoms with Gasteiger partial charge in [0.05, 0.1) is 16.8 Å². The summed E-state index contributed by atoms with van der Waals surface area (Å²) in [6, 6.07) is 4.87. The molecule has 2 N–H and O–H groups in total. The third-order valence-corrected chi connectivity index (χ3v) is 4.82. The van der Waals surface area contributed by atoms with Gasteiger partial charge in [0.15, 0.2) is 0 Å². The lowest BCUT2D eigenvalue weighted by atomic mass is 9.85. The van der Waals surface area contributed by atoms with Gasteiger partial charge >= 0.3 is 0 Å². The second-order valence-electron chi connectivity index (χ2n) is 6.54. The SMILES string of the molecule is O=C(CCN1C(=O)[C@H]2CC=CC[C@H]2C1=O)NNC(=O)c1ccc([N+](=O)[O-])cc1. The Balaban J connectivity index is 1.47. The van der Waals surface area contributed by atoms with E-state index in [-0.39, 0.29) is 47.9 Å². The fraction of sp³-hybridized carbons (Fsp3) is 0.333. The molecule has 1 heterocycles. The quantitative estimate of drug-likeness (QED) is 0.330. The fourth-order valence-corrected chi connectivity index (χ4v) is 3.30. The van der Waals surface area contributed by atoms with Crippen LogP contribution in [0, 0.1) is 22.0 Å². The first-order valence-corrected chi connectivity index (χ1v) is 8.72. The van der Waals surface area contributed by atoms with Crippen molar-refractivity contribution in [3.8, 4) is 0 Å². The van der Waals surface area contributed by atoms with Crippen molar-refractivity contribution in [2.45, 2.75) is 19.3 Å². The van der Waals surface area contributed by atoms with Crippen LogP contribution in [0.15, 0.2) is 36.4 Å².